The number of hydrogen-bond donors (Lipinski definition) is 1. The molecule has 0 saturated carbocycles. The zero-order chi connectivity index (χ0) is 18.5. The van der Waals surface area contributed by atoms with Gasteiger partial charge in [0.1, 0.15) is 5.75 Å². The lowest BCUT2D eigenvalue weighted by Crippen LogP contribution is -2.12. The summed E-state index contributed by atoms with van der Waals surface area (Å²) in [5.41, 5.74) is 1.88. The Kier molecular flexibility index (Phi) is 5.58. The van der Waals surface area contributed by atoms with E-state index < -0.39 is 11.6 Å². The summed E-state index contributed by atoms with van der Waals surface area (Å²) < 4.78 is 31.6. The van der Waals surface area contributed by atoms with Gasteiger partial charge in [0.05, 0.1) is 12.8 Å². The maximum Gasteiger partial charge on any atom is 0.226 e. The molecule has 0 unspecified atom stereocenters. The molecule has 0 aliphatic rings. The highest BCUT2D eigenvalue weighted by Crippen LogP contribution is 2.26. The van der Waals surface area contributed by atoms with Crippen LogP contribution in [-0.4, -0.2) is 18.0 Å². The Balaban J connectivity index is 1.61. The minimum Gasteiger partial charge on any atom is -0.496 e. The number of halogens is 2. The third kappa shape index (κ3) is 4.23. The highest BCUT2D eigenvalue weighted by Gasteiger charge is 2.11. The van der Waals surface area contributed by atoms with Gasteiger partial charge < -0.3 is 10.1 Å². The van der Waals surface area contributed by atoms with Crippen molar-refractivity contribution in [3.63, 3.8) is 0 Å². The van der Waals surface area contributed by atoms with Crippen molar-refractivity contribution in [3.05, 3.63) is 65.0 Å². The van der Waals surface area contributed by atoms with Crippen LogP contribution in [-0.2, 0) is 11.2 Å². The molecule has 4 nitrogen and oxygen atoms in total. The molecule has 0 fully saturated rings. The molecule has 1 heterocycles. The Bertz CT molecular complexity index is 927. The number of benzene rings is 2. The van der Waals surface area contributed by atoms with E-state index in [1.807, 2.05) is 24.3 Å². The van der Waals surface area contributed by atoms with Gasteiger partial charge in [-0.05, 0) is 36.2 Å². The highest BCUT2D eigenvalue weighted by atomic mass is 32.1. The predicted molar refractivity (Wildman–Crippen MR) is 97.4 cm³/mol. The molecule has 0 bridgehead atoms. The van der Waals surface area contributed by atoms with E-state index in [0.717, 1.165) is 23.4 Å². The second-order valence-corrected chi connectivity index (χ2v) is 6.38. The minimum atomic E-state index is -0.933. The van der Waals surface area contributed by atoms with E-state index >= 15 is 0 Å². The molecule has 3 rings (SSSR count). The summed E-state index contributed by atoms with van der Waals surface area (Å²) in [6, 6.07) is 11.1. The number of carbonyl (C=O) groups is 1. The summed E-state index contributed by atoms with van der Waals surface area (Å²) in [5.74, 6) is -1.27. The summed E-state index contributed by atoms with van der Waals surface area (Å²) in [7, 11) is 1.59. The van der Waals surface area contributed by atoms with Crippen LogP contribution in [0.5, 0.6) is 5.75 Å². The van der Waals surface area contributed by atoms with Crippen molar-refractivity contribution in [3.8, 4) is 17.0 Å². The molecule has 134 valence electrons. The van der Waals surface area contributed by atoms with Crippen LogP contribution < -0.4 is 10.1 Å². The first-order valence-corrected chi connectivity index (χ1v) is 8.77. The molecule has 0 aliphatic heterocycles. The number of aromatic nitrogens is 1. The van der Waals surface area contributed by atoms with Crippen molar-refractivity contribution < 1.29 is 18.3 Å². The van der Waals surface area contributed by atoms with Crippen LogP contribution in [0.15, 0.2) is 47.8 Å². The molecule has 7 heteroatoms. The summed E-state index contributed by atoms with van der Waals surface area (Å²) >= 11 is 1.23. The first kappa shape index (κ1) is 18.0. The van der Waals surface area contributed by atoms with Crippen molar-refractivity contribution in [2.75, 3.05) is 12.4 Å². The van der Waals surface area contributed by atoms with Crippen molar-refractivity contribution >= 4 is 22.4 Å². The van der Waals surface area contributed by atoms with Gasteiger partial charge in [-0.3, -0.25) is 4.79 Å². The number of amides is 1. The van der Waals surface area contributed by atoms with E-state index in [1.54, 1.807) is 12.5 Å². The number of carbonyl (C=O) groups excluding carboxylic acids is 1. The average molecular weight is 374 g/mol. The van der Waals surface area contributed by atoms with Crippen molar-refractivity contribution in [1.29, 1.82) is 0 Å². The maximum atomic E-state index is 13.3. The second-order valence-electron chi connectivity index (χ2n) is 5.53. The van der Waals surface area contributed by atoms with E-state index in [4.69, 9.17) is 4.74 Å². The lowest BCUT2D eigenvalue weighted by Gasteiger charge is -2.07. The third-order valence-electron chi connectivity index (χ3n) is 3.78. The normalized spacial score (nSPS) is 10.6. The van der Waals surface area contributed by atoms with Gasteiger partial charge in [0.25, 0.3) is 0 Å². The fourth-order valence-electron chi connectivity index (χ4n) is 2.46. The van der Waals surface area contributed by atoms with Crippen molar-refractivity contribution in [2.24, 2.45) is 0 Å². The quantitative estimate of drug-likeness (QED) is 0.682. The number of hydrogen-bond acceptors (Lipinski definition) is 4. The Labute approximate surface area is 153 Å². The summed E-state index contributed by atoms with van der Waals surface area (Å²) in [6.07, 6.45) is 0.817. The molecule has 1 aromatic heterocycles. The first-order valence-electron chi connectivity index (χ1n) is 7.89. The number of thiazole rings is 1. The molecule has 0 atom stereocenters. The fraction of sp³-hybridized carbons (Fsp3) is 0.158. The Morgan fingerprint density at radius 2 is 2.00 bits per heavy atom. The summed E-state index contributed by atoms with van der Waals surface area (Å²) in [4.78, 5) is 16.4. The highest BCUT2D eigenvalue weighted by molar-refractivity contribution is 7.14. The number of nitrogens with zero attached hydrogens (tertiary/aromatic N) is 1. The van der Waals surface area contributed by atoms with E-state index in [2.05, 4.69) is 10.3 Å². The maximum absolute atomic E-state index is 13.3. The van der Waals surface area contributed by atoms with Gasteiger partial charge in [-0.15, -0.1) is 11.3 Å². The van der Waals surface area contributed by atoms with Crippen LogP contribution in [0, 0.1) is 11.6 Å². The molecule has 26 heavy (non-hydrogen) atoms. The van der Waals surface area contributed by atoms with Gasteiger partial charge in [0.2, 0.25) is 5.91 Å². The van der Waals surface area contributed by atoms with Crippen molar-refractivity contribution in [2.45, 2.75) is 12.8 Å². The van der Waals surface area contributed by atoms with Crippen LogP contribution in [0.4, 0.5) is 13.9 Å². The molecule has 0 spiro atoms. The fourth-order valence-corrected chi connectivity index (χ4v) is 3.19. The predicted octanol–water partition coefficient (Wildman–Crippen LogP) is 4.67. The van der Waals surface area contributed by atoms with Gasteiger partial charge in [0.15, 0.2) is 16.8 Å². The lowest BCUT2D eigenvalue weighted by molar-refractivity contribution is -0.116. The standard InChI is InChI=1S/C19H16F2N2O2S/c1-25-17-5-3-2-4-12(17)7-9-18(24)23-19-22-16(11-26-19)13-6-8-14(20)15(21)10-13/h2-6,8,10-11H,7,9H2,1H3,(H,22,23,24). The van der Waals surface area contributed by atoms with Gasteiger partial charge >= 0.3 is 0 Å². The second kappa shape index (κ2) is 8.05. The SMILES string of the molecule is COc1ccccc1CCC(=O)Nc1nc(-c2ccc(F)c(F)c2)cs1. The molecular weight excluding hydrogens is 358 g/mol. The third-order valence-corrected chi connectivity index (χ3v) is 4.54. The number of rotatable bonds is 6. The zero-order valence-electron chi connectivity index (χ0n) is 14.0. The van der Waals surface area contributed by atoms with Crippen LogP contribution >= 0.6 is 11.3 Å². The van der Waals surface area contributed by atoms with E-state index in [1.165, 1.54) is 17.4 Å². The van der Waals surface area contributed by atoms with E-state index in [0.29, 0.717) is 22.8 Å². The van der Waals surface area contributed by atoms with E-state index in [-0.39, 0.29) is 12.3 Å². The number of methoxy groups -OCH3 is 1. The minimum absolute atomic E-state index is 0.179. The Morgan fingerprint density at radius 3 is 2.77 bits per heavy atom. The van der Waals surface area contributed by atoms with Gasteiger partial charge in [-0.25, -0.2) is 13.8 Å². The van der Waals surface area contributed by atoms with Gasteiger partial charge in [-0.1, -0.05) is 18.2 Å². The number of para-hydroxylation sites is 1. The van der Waals surface area contributed by atoms with Crippen LogP contribution in [0.1, 0.15) is 12.0 Å². The number of nitrogens with one attached hydrogen (secondary N) is 1. The molecule has 3 aromatic rings. The monoisotopic (exact) mass is 374 g/mol. The summed E-state index contributed by atoms with van der Waals surface area (Å²) in [6.45, 7) is 0. The molecular formula is C19H16F2N2O2S. The number of ether oxygens (including phenoxy) is 1. The molecule has 0 saturated heterocycles. The Morgan fingerprint density at radius 1 is 1.19 bits per heavy atom. The summed E-state index contributed by atoms with van der Waals surface area (Å²) in [5, 5.41) is 4.82. The Hall–Kier alpha value is -2.80. The first-order chi connectivity index (χ1) is 12.6. The number of anilines is 1. The number of aryl methyl sites for hydroxylation is 1. The molecule has 0 aliphatic carbocycles. The lowest BCUT2D eigenvalue weighted by atomic mass is 10.1. The van der Waals surface area contributed by atoms with Crippen LogP contribution in [0.3, 0.4) is 0 Å². The largest absolute Gasteiger partial charge is 0.496 e. The van der Waals surface area contributed by atoms with Crippen molar-refractivity contribution in [1.82, 2.24) is 4.98 Å². The molecule has 0 radical (unpaired) electrons. The van der Waals surface area contributed by atoms with Gasteiger partial charge in [0, 0.05) is 17.4 Å². The van der Waals surface area contributed by atoms with Crippen LogP contribution in [0.25, 0.3) is 11.3 Å². The molecule has 2 aromatic carbocycles. The average Bonchev–Trinajstić information content (AvgIpc) is 3.11. The smallest absolute Gasteiger partial charge is 0.226 e. The van der Waals surface area contributed by atoms with Gasteiger partial charge in [-0.2, -0.15) is 0 Å². The van der Waals surface area contributed by atoms with Crippen LogP contribution in [0.2, 0.25) is 0 Å². The van der Waals surface area contributed by atoms with E-state index in [9.17, 15) is 13.6 Å². The zero-order valence-corrected chi connectivity index (χ0v) is 14.8. The molecule has 1 N–H and O–H groups in total. The topological polar surface area (TPSA) is 51.2 Å². The molecule has 1 amide bonds.